The van der Waals surface area contributed by atoms with Crippen molar-refractivity contribution >= 4 is 0 Å². The van der Waals surface area contributed by atoms with E-state index in [1.54, 1.807) is 12.1 Å². The van der Waals surface area contributed by atoms with E-state index in [2.05, 4.69) is 18.6 Å². The van der Waals surface area contributed by atoms with Crippen LogP contribution >= 0.6 is 0 Å². The molecule has 0 aliphatic heterocycles. The summed E-state index contributed by atoms with van der Waals surface area (Å²) in [6.07, 6.45) is 12.0. The van der Waals surface area contributed by atoms with Crippen molar-refractivity contribution in [3.8, 4) is 11.5 Å². The highest BCUT2D eigenvalue weighted by molar-refractivity contribution is 5.34. The lowest BCUT2D eigenvalue weighted by Crippen LogP contribution is -2.33. The van der Waals surface area contributed by atoms with Crippen LogP contribution in [0.2, 0.25) is 0 Å². The molecular formula is C34H46F4O2. The van der Waals surface area contributed by atoms with Gasteiger partial charge in [-0.3, -0.25) is 0 Å². The third-order valence-corrected chi connectivity index (χ3v) is 9.14. The first-order valence-electron chi connectivity index (χ1n) is 15.6. The second kappa shape index (κ2) is 14.6. The van der Waals surface area contributed by atoms with Gasteiger partial charge in [-0.25, -0.2) is 4.39 Å². The van der Waals surface area contributed by atoms with Crippen molar-refractivity contribution in [3.05, 3.63) is 59.2 Å². The van der Waals surface area contributed by atoms with Crippen LogP contribution in [0.4, 0.5) is 17.6 Å². The van der Waals surface area contributed by atoms with E-state index < -0.39 is 30.1 Å². The zero-order chi connectivity index (χ0) is 28.5. The van der Waals surface area contributed by atoms with E-state index in [1.165, 1.54) is 50.2 Å². The summed E-state index contributed by atoms with van der Waals surface area (Å²) in [4.78, 5) is 0. The molecule has 2 fully saturated rings. The molecule has 0 bridgehead atoms. The molecule has 0 unspecified atom stereocenters. The Balaban J connectivity index is 1.26. The molecule has 4 rings (SSSR count). The van der Waals surface area contributed by atoms with E-state index in [1.807, 2.05) is 12.1 Å². The fourth-order valence-electron chi connectivity index (χ4n) is 6.77. The van der Waals surface area contributed by atoms with E-state index in [0.29, 0.717) is 17.6 Å². The molecule has 0 atom stereocenters. The number of alkyl halides is 2. The fraction of sp³-hybridized carbons (Fsp3) is 0.647. The molecule has 2 aliphatic rings. The Bertz CT molecular complexity index is 1040. The van der Waals surface area contributed by atoms with Crippen LogP contribution in [0, 0.1) is 23.5 Å². The predicted octanol–water partition coefficient (Wildman–Crippen LogP) is 10.9. The van der Waals surface area contributed by atoms with E-state index in [0.717, 1.165) is 63.4 Å². The maximum absolute atomic E-state index is 14.9. The van der Waals surface area contributed by atoms with Gasteiger partial charge in [0.1, 0.15) is 5.75 Å². The zero-order valence-electron chi connectivity index (χ0n) is 24.2. The minimum Gasteiger partial charge on any atom is -0.483 e. The zero-order valence-corrected chi connectivity index (χ0v) is 24.2. The van der Waals surface area contributed by atoms with Crippen LogP contribution in [0.15, 0.2) is 36.4 Å². The van der Waals surface area contributed by atoms with Gasteiger partial charge >= 0.3 is 6.11 Å². The molecule has 0 spiro atoms. The smallest absolute Gasteiger partial charge is 0.433 e. The maximum atomic E-state index is 14.9. The second-order valence-corrected chi connectivity index (χ2v) is 12.1. The van der Waals surface area contributed by atoms with Gasteiger partial charge in [0.25, 0.3) is 0 Å². The molecular weight excluding hydrogens is 516 g/mol. The molecule has 0 heterocycles. The van der Waals surface area contributed by atoms with Crippen molar-refractivity contribution < 1.29 is 27.0 Å². The Morgan fingerprint density at radius 1 is 0.700 bits per heavy atom. The summed E-state index contributed by atoms with van der Waals surface area (Å²) in [6.45, 7) is 3.29. The van der Waals surface area contributed by atoms with Gasteiger partial charge in [0.15, 0.2) is 18.2 Å². The van der Waals surface area contributed by atoms with E-state index >= 15 is 0 Å². The third kappa shape index (κ3) is 8.39. The van der Waals surface area contributed by atoms with Crippen LogP contribution < -0.4 is 9.47 Å². The number of hydrogen-bond donors (Lipinski definition) is 0. The molecule has 0 amide bonds. The molecule has 0 saturated heterocycles. The van der Waals surface area contributed by atoms with Gasteiger partial charge in [-0.2, -0.15) is 13.2 Å². The lowest BCUT2D eigenvalue weighted by molar-refractivity contribution is -0.196. The lowest BCUT2D eigenvalue weighted by Gasteiger charge is -2.29. The fourth-order valence-corrected chi connectivity index (χ4v) is 6.77. The van der Waals surface area contributed by atoms with Gasteiger partial charge < -0.3 is 9.47 Å². The standard InChI is InChI=1S/C34H46F4O2/c1-3-5-6-8-25-9-13-26(14-10-25)27-17-19-29(20-18-27)39-23-34(37,38)40-31-22-21-30(32(35)33(31)36)28-15-11-24(7-4-2)12-16-28/h17-22,24-26,28H,3-16,23H2,1-2H3. The first-order chi connectivity index (χ1) is 19.3. The Labute approximate surface area is 237 Å². The van der Waals surface area contributed by atoms with Gasteiger partial charge in [0.2, 0.25) is 5.82 Å². The second-order valence-electron chi connectivity index (χ2n) is 12.1. The molecule has 0 aromatic heterocycles. The number of rotatable bonds is 13. The Hall–Kier alpha value is -2.24. The van der Waals surface area contributed by atoms with Gasteiger partial charge in [0, 0.05) is 0 Å². The Morgan fingerprint density at radius 2 is 1.32 bits per heavy atom. The van der Waals surface area contributed by atoms with Crippen molar-refractivity contribution in [3.63, 3.8) is 0 Å². The number of hydrogen-bond acceptors (Lipinski definition) is 2. The molecule has 40 heavy (non-hydrogen) atoms. The van der Waals surface area contributed by atoms with E-state index in [-0.39, 0.29) is 11.5 Å². The largest absolute Gasteiger partial charge is 0.483 e. The normalized spacial score (nSPS) is 23.6. The van der Waals surface area contributed by atoms with E-state index in [4.69, 9.17) is 4.74 Å². The van der Waals surface area contributed by atoms with Gasteiger partial charge in [-0.05, 0) is 104 Å². The summed E-state index contributed by atoms with van der Waals surface area (Å²) >= 11 is 0. The molecule has 0 N–H and O–H groups in total. The van der Waals surface area contributed by atoms with Gasteiger partial charge in [-0.1, -0.05) is 70.6 Å². The topological polar surface area (TPSA) is 18.5 Å². The van der Waals surface area contributed by atoms with Crippen LogP contribution in [0.25, 0.3) is 0 Å². The molecule has 0 radical (unpaired) electrons. The monoisotopic (exact) mass is 562 g/mol. The maximum Gasteiger partial charge on any atom is 0.433 e. The summed E-state index contributed by atoms with van der Waals surface area (Å²) in [5.41, 5.74) is 1.46. The molecule has 222 valence electrons. The minimum atomic E-state index is -3.82. The van der Waals surface area contributed by atoms with Gasteiger partial charge in [0.05, 0.1) is 0 Å². The van der Waals surface area contributed by atoms with E-state index in [9.17, 15) is 17.6 Å². The lowest BCUT2D eigenvalue weighted by atomic mass is 9.77. The van der Waals surface area contributed by atoms with Crippen molar-refractivity contribution in [2.75, 3.05) is 6.61 Å². The minimum absolute atomic E-state index is 0.0932. The number of ether oxygens (including phenoxy) is 2. The quantitative estimate of drug-likeness (QED) is 0.179. The molecule has 2 aromatic rings. The summed E-state index contributed by atoms with van der Waals surface area (Å²) in [6, 6.07) is 9.80. The highest BCUT2D eigenvalue weighted by Gasteiger charge is 2.36. The van der Waals surface area contributed by atoms with Crippen LogP contribution in [-0.4, -0.2) is 12.7 Å². The molecule has 2 aliphatic carbocycles. The van der Waals surface area contributed by atoms with Crippen LogP contribution in [0.1, 0.15) is 127 Å². The average molecular weight is 563 g/mol. The summed E-state index contributed by atoms with van der Waals surface area (Å²) < 4.78 is 68.6. The van der Waals surface area contributed by atoms with Crippen molar-refractivity contribution in [2.24, 2.45) is 11.8 Å². The van der Waals surface area contributed by atoms with Crippen molar-refractivity contribution in [1.29, 1.82) is 0 Å². The first-order valence-corrected chi connectivity index (χ1v) is 15.6. The Morgan fingerprint density at radius 3 is 1.95 bits per heavy atom. The highest BCUT2D eigenvalue weighted by atomic mass is 19.3. The Kier molecular flexibility index (Phi) is 11.2. The van der Waals surface area contributed by atoms with Crippen molar-refractivity contribution in [2.45, 2.75) is 122 Å². The van der Waals surface area contributed by atoms with Crippen LogP contribution in [0.5, 0.6) is 11.5 Å². The van der Waals surface area contributed by atoms with Crippen LogP contribution in [-0.2, 0) is 0 Å². The number of unbranched alkanes of at least 4 members (excludes halogenated alkanes) is 2. The molecule has 2 aromatic carbocycles. The number of benzene rings is 2. The van der Waals surface area contributed by atoms with Crippen molar-refractivity contribution in [1.82, 2.24) is 0 Å². The molecule has 2 saturated carbocycles. The molecule has 6 heteroatoms. The SMILES string of the molecule is CCCCCC1CCC(c2ccc(OCC(F)(F)Oc3ccc(C4CCC(CCC)CC4)c(F)c3F)cc2)CC1. The number of halogens is 4. The highest BCUT2D eigenvalue weighted by Crippen LogP contribution is 2.41. The first kappa shape index (κ1) is 30.7. The summed E-state index contributed by atoms with van der Waals surface area (Å²) in [5.74, 6) is -1.09. The third-order valence-electron chi connectivity index (χ3n) is 9.14. The molecule has 2 nitrogen and oxygen atoms in total. The average Bonchev–Trinajstić information content (AvgIpc) is 2.96. The summed E-state index contributed by atoms with van der Waals surface area (Å²) in [7, 11) is 0. The predicted molar refractivity (Wildman–Crippen MR) is 152 cm³/mol. The van der Waals surface area contributed by atoms with Gasteiger partial charge in [-0.15, -0.1) is 0 Å². The summed E-state index contributed by atoms with van der Waals surface area (Å²) in [5, 5.41) is 0. The van der Waals surface area contributed by atoms with Crippen LogP contribution in [0.3, 0.4) is 0 Å².